The van der Waals surface area contributed by atoms with Gasteiger partial charge < -0.3 is 20.2 Å². The van der Waals surface area contributed by atoms with Crippen molar-refractivity contribution in [2.45, 2.75) is 12.8 Å². The van der Waals surface area contributed by atoms with Gasteiger partial charge in [0.25, 0.3) is 5.91 Å². The second kappa shape index (κ2) is 12.0. The van der Waals surface area contributed by atoms with Crippen molar-refractivity contribution in [1.82, 2.24) is 0 Å². The molecule has 5 aromatic rings. The summed E-state index contributed by atoms with van der Waals surface area (Å²) < 4.78 is 11.7. The van der Waals surface area contributed by atoms with E-state index < -0.39 is 0 Å². The highest BCUT2D eigenvalue weighted by molar-refractivity contribution is 6.05. The predicted octanol–water partition coefficient (Wildman–Crippen LogP) is 6.09. The van der Waals surface area contributed by atoms with Gasteiger partial charge in [-0.3, -0.25) is 14.5 Å². The van der Waals surface area contributed by atoms with Crippen molar-refractivity contribution in [3.05, 3.63) is 120 Å². The van der Waals surface area contributed by atoms with Crippen LogP contribution in [0.5, 0.6) is 5.75 Å². The van der Waals surface area contributed by atoms with E-state index in [4.69, 9.17) is 14.9 Å². The summed E-state index contributed by atoms with van der Waals surface area (Å²) in [5, 5.41) is 3.75. The Kier molecular flexibility index (Phi) is 7.88. The number of carbonyl (C=O) groups is 2. The number of hydrogen-bond donors (Lipinski definition) is 2. The molecule has 0 aliphatic rings. The van der Waals surface area contributed by atoms with Gasteiger partial charge >= 0.3 is 0 Å². The minimum atomic E-state index is -0.264. The van der Waals surface area contributed by atoms with E-state index in [0.29, 0.717) is 35.1 Å². The van der Waals surface area contributed by atoms with E-state index in [2.05, 4.69) is 41.7 Å². The molecule has 0 atom stereocenters. The summed E-state index contributed by atoms with van der Waals surface area (Å²) in [6, 6.07) is 32.2. The summed E-state index contributed by atoms with van der Waals surface area (Å²) in [5.74, 6) is 0.792. The maximum absolute atomic E-state index is 12.5. The normalized spacial score (nSPS) is 10.8. The van der Waals surface area contributed by atoms with Crippen LogP contribution < -0.4 is 20.7 Å². The average Bonchev–Trinajstić information content (AvgIpc) is 3.39. The van der Waals surface area contributed by atoms with Gasteiger partial charge in [0.2, 0.25) is 12.3 Å². The Balaban J connectivity index is 1.15. The van der Waals surface area contributed by atoms with Gasteiger partial charge in [-0.05, 0) is 72.5 Å². The minimum Gasteiger partial charge on any atom is -0.492 e. The first-order valence-corrected chi connectivity index (χ1v) is 12.8. The fourth-order valence-corrected chi connectivity index (χ4v) is 4.29. The number of anilines is 3. The number of amides is 2. The molecule has 0 saturated heterocycles. The van der Waals surface area contributed by atoms with Gasteiger partial charge in [0.15, 0.2) is 0 Å². The number of fused-ring (bicyclic) bond motifs is 1. The smallest absolute Gasteiger partial charge is 0.255 e. The molecule has 0 saturated carbocycles. The maximum Gasteiger partial charge on any atom is 0.255 e. The number of furan rings is 1. The molecule has 1 heterocycles. The van der Waals surface area contributed by atoms with Gasteiger partial charge in [0.05, 0.1) is 17.9 Å². The Morgan fingerprint density at radius 3 is 2.38 bits per heavy atom. The second-order valence-corrected chi connectivity index (χ2v) is 9.16. The molecule has 0 spiro atoms. The summed E-state index contributed by atoms with van der Waals surface area (Å²) in [6.07, 6.45) is 2.62. The van der Waals surface area contributed by atoms with Crippen molar-refractivity contribution in [1.29, 1.82) is 0 Å². The van der Waals surface area contributed by atoms with Gasteiger partial charge in [-0.15, -0.1) is 0 Å². The van der Waals surface area contributed by atoms with Gasteiger partial charge in [0.1, 0.15) is 17.9 Å². The van der Waals surface area contributed by atoms with Crippen molar-refractivity contribution >= 4 is 40.5 Å². The lowest BCUT2D eigenvalue weighted by molar-refractivity contribution is -0.107. The molecule has 7 nitrogen and oxygen atoms in total. The maximum atomic E-state index is 12.5. The second-order valence-electron chi connectivity index (χ2n) is 9.16. The quantitative estimate of drug-likeness (QED) is 0.162. The fourth-order valence-electron chi connectivity index (χ4n) is 4.29. The topological polar surface area (TPSA) is 97.8 Å². The van der Waals surface area contributed by atoms with E-state index in [1.807, 2.05) is 18.2 Å². The highest BCUT2D eigenvalue weighted by Crippen LogP contribution is 2.27. The van der Waals surface area contributed by atoms with E-state index in [9.17, 15) is 9.59 Å². The number of ether oxygens (including phenoxy) is 1. The molecule has 0 aliphatic carbocycles. The lowest BCUT2D eigenvalue weighted by Gasteiger charge is -2.14. The zero-order chi connectivity index (χ0) is 27.0. The minimum absolute atomic E-state index is 0.254. The standard InChI is InChI=1S/C32H29N3O4/c33-28-8-4-5-9-29(28)34-32(37)25-13-15-27(16-14-25)38-19-18-35(22-36)31-21-26-20-24(12-17-30(26)39-31)11-10-23-6-2-1-3-7-23/h1-9,12-17,20-22H,10-11,18-19,33H2,(H,34,37). The van der Waals surface area contributed by atoms with Gasteiger partial charge in [0, 0.05) is 17.0 Å². The van der Waals surface area contributed by atoms with E-state index >= 15 is 0 Å². The predicted molar refractivity (Wildman–Crippen MR) is 154 cm³/mol. The molecule has 5 rings (SSSR count). The Hall–Kier alpha value is -5.04. The molecule has 7 heteroatoms. The van der Waals surface area contributed by atoms with Crippen LogP contribution in [0.15, 0.2) is 108 Å². The summed E-state index contributed by atoms with van der Waals surface area (Å²) in [6.45, 7) is 0.559. The Labute approximate surface area is 226 Å². The number of nitrogens with one attached hydrogen (secondary N) is 1. The molecule has 0 bridgehead atoms. The lowest BCUT2D eigenvalue weighted by Crippen LogP contribution is -2.26. The SMILES string of the molecule is Nc1ccccc1NC(=O)c1ccc(OCCN(C=O)c2cc3cc(CCc4ccccc4)ccc3o2)cc1. The van der Waals surface area contributed by atoms with Crippen LogP contribution in [0.1, 0.15) is 21.5 Å². The van der Waals surface area contributed by atoms with E-state index in [-0.39, 0.29) is 12.5 Å². The summed E-state index contributed by atoms with van der Waals surface area (Å²) in [4.78, 5) is 25.8. The van der Waals surface area contributed by atoms with Crippen LogP contribution in [0.2, 0.25) is 0 Å². The number of nitrogens with two attached hydrogens (primary N) is 1. The monoisotopic (exact) mass is 519 g/mol. The molecule has 0 radical (unpaired) electrons. The van der Waals surface area contributed by atoms with Crippen LogP contribution in [0.3, 0.4) is 0 Å². The number of aryl methyl sites for hydroxylation is 2. The molecule has 4 aromatic carbocycles. The van der Waals surface area contributed by atoms with Crippen LogP contribution in [0.25, 0.3) is 11.0 Å². The van der Waals surface area contributed by atoms with Gasteiger partial charge in [-0.1, -0.05) is 48.5 Å². The lowest BCUT2D eigenvalue weighted by atomic mass is 10.0. The van der Waals surface area contributed by atoms with Crippen LogP contribution in [0.4, 0.5) is 17.3 Å². The number of para-hydroxylation sites is 2. The highest BCUT2D eigenvalue weighted by atomic mass is 16.5. The Morgan fingerprint density at radius 2 is 1.62 bits per heavy atom. The number of benzene rings is 4. The first-order chi connectivity index (χ1) is 19.1. The largest absolute Gasteiger partial charge is 0.492 e. The van der Waals surface area contributed by atoms with Crippen LogP contribution >= 0.6 is 0 Å². The van der Waals surface area contributed by atoms with Crippen molar-refractivity contribution in [3.8, 4) is 5.75 Å². The highest BCUT2D eigenvalue weighted by Gasteiger charge is 2.13. The van der Waals surface area contributed by atoms with E-state index in [1.54, 1.807) is 48.5 Å². The van der Waals surface area contributed by atoms with Crippen LogP contribution in [-0.2, 0) is 17.6 Å². The molecule has 0 unspecified atom stereocenters. The van der Waals surface area contributed by atoms with Crippen LogP contribution in [-0.4, -0.2) is 25.5 Å². The Bertz CT molecular complexity index is 1560. The summed E-state index contributed by atoms with van der Waals surface area (Å²) in [5.41, 5.74) is 10.7. The number of nitrogen functional groups attached to an aromatic ring is 1. The van der Waals surface area contributed by atoms with Crippen molar-refractivity contribution < 1.29 is 18.7 Å². The molecular weight excluding hydrogens is 490 g/mol. The zero-order valence-electron chi connectivity index (χ0n) is 21.4. The van der Waals surface area contributed by atoms with Crippen molar-refractivity contribution in [2.75, 3.05) is 29.1 Å². The molecule has 3 N–H and O–H groups in total. The molecule has 2 amide bonds. The zero-order valence-corrected chi connectivity index (χ0v) is 21.4. The summed E-state index contributed by atoms with van der Waals surface area (Å²) >= 11 is 0. The van der Waals surface area contributed by atoms with Gasteiger partial charge in [-0.25, -0.2) is 0 Å². The molecule has 1 aromatic heterocycles. The molecule has 0 aliphatic heterocycles. The third-order valence-corrected chi connectivity index (χ3v) is 6.45. The van der Waals surface area contributed by atoms with Crippen molar-refractivity contribution in [2.24, 2.45) is 0 Å². The fraction of sp³-hybridized carbons (Fsp3) is 0.125. The van der Waals surface area contributed by atoms with Crippen LogP contribution in [0, 0.1) is 0 Å². The number of rotatable bonds is 11. The number of hydrogen-bond acceptors (Lipinski definition) is 5. The number of carbonyl (C=O) groups excluding carboxylic acids is 2. The third kappa shape index (κ3) is 6.45. The third-order valence-electron chi connectivity index (χ3n) is 6.45. The van der Waals surface area contributed by atoms with E-state index in [0.717, 1.165) is 30.2 Å². The Morgan fingerprint density at radius 1 is 0.872 bits per heavy atom. The molecular formula is C32H29N3O4. The van der Waals surface area contributed by atoms with E-state index in [1.165, 1.54) is 16.0 Å². The number of nitrogens with zero attached hydrogens (tertiary/aromatic N) is 1. The molecule has 0 fully saturated rings. The average molecular weight is 520 g/mol. The molecule has 39 heavy (non-hydrogen) atoms. The molecule has 196 valence electrons. The van der Waals surface area contributed by atoms with Crippen molar-refractivity contribution in [3.63, 3.8) is 0 Å². The summed E-state index contributed by atoms with van der Waals surface area (Å²) in [7, 11) is 0. The first kappa shape index (κ1) is 25.6. The van der Waals surface area contributed by atoms with Gasteiger partial charge in [-0.2, -0.15) is 0 Å². The first-order valence-electron chi connectivity index (χ1n) is 12.8.